The number of aryl methyl sites for hydroxylation is 1. The number of ether oxygens (including phenoxy) is 1. The lowest BCUT2D eigenvalue weighted by Gasteiger charge is -2.21. The van der Waals surface area contributed by atoms with Crippen molar-refractivity contribution in [3.63, 3.8) is 0 Å². The summed E-state index contributed by atoms with van der Waals surface area (Å²) in [6.07, 6.45) is 2.34. The first-order valence-corrected chi connectivity index (χ1v) is 11.1. The number of urea groups is 1. The monoisotopic (exact) mass is 448 g/mol. The van der Waals surface area contributed by atoms with Crippen LogP contribution in [0.3, 0.4) is 0 Å². The number of hydrogen-bond donors (Lipinski definition) is 2. The van der Waals surface area contributed by atoms with Crippen LogP contribution in [0.2, 0.25) is 5.02 Å². The van der Waals surface area contributed by atoms with E-state index in [9.17, 15) is 4.79 Å². The van der Waals surface area contributed by atoms with Gasteiger partial charge in [-0.1, -0.05) is 41.9 Å². The lowest BCUT2D eigenvalue weighted by atomic mass is 10.0. The summed E-state index contributed by atoms with van der Waals surface area (Å²) in [5.74, 6) is 1.35. The number of hydrogen-bond acceptors (Lipinski definition) is 4. The number of hydrazine groups is 3. The van der Waals surface area contributed by atoms with Gasteiger partial charge in [0.2, 0.25) is 0 Å². The van der Waals surface area contributed by atoms with Gasteiger partial charge in [-0.05, 0) is 78.3 Å². The predicted molar refractivity (Wildman–Crippen MR) is 126 cm³/mol. The van der Waals surface area contributed by atoms with Crippen molar-refractivity contribution in [1.29, 1.82) is 0 Å². The van der Waals surface area contributed by atoms with Crippen molar-refractivity contribution in [2.24, 2.45) is 0 Å². The zero-order chi connectivity index (χ0) is 22.2. The minimum Gasteiger partial charge on any atom is -0.489 e. The first kappa shape index (κ1) is 20.8. The number of benzene rings is 3. The van der Waals surface area contributed by atoms with Crippen LogP contribution in [-0.2, 0) is 6.61 Å². The van der Waals surface area contributed by atoms with E-state index < -0.39 is 0 Å². The molecular formula is C25H25ClN4O2. The van der Waals surface area contributed by atoms with Crippen LogP contribution in [0, 0.1) is 6.92 Å². The highest BCUT2D eigenvalue weighted by Crippen LogP contribution is 2.44. The van der Waals surface area contributed by atoms with Gasteiger partial charge < -0.3 is 4.74 Å². The van der Waals surface area contributed by atoms with E-state index >= 15 is 0 Å². The van der Waals surface area contributed by atoms with Gasteiger partial charge in [0.1, 0.15) is 12.4 Å². The molecule has 6 nitrogen and oxygen atoms in total. The zero-order valence-corrected chi connectivity index (χ0v) is 18.8. The van der Waals surface area contributed by atoms with Gasteiger partial charge in [0.05, 0.1) is 5.69 Å². The maximum Gasteiger partial charge on any atom is 0.355 e. The number of halogens is 1. The van der Waals surface area contributed by atoms with Crippen LogP contribution in [0.25, 0.3) is 11.1 Å². The Bertz CT molecular complexity index is 1180. The fourth-order valence-corrected chi connectivity index (χ4v) is 4.27. The molecule has 0 spiro atoms. The predicted octanol–water partition coefficient (Wildman–Crippen LogP) is 5.57. The molecule has 2 aliphatic rings. The van der Waals surface area contributed by atoms with Crippen molar-refractivity contribution >= 4 is 23.3 Å². The van der Waals surface area contributed by atoms with Crippen molar-refractivity contribution in [1.82, 2.24) is 16.1 Å². The van der Waals surface area contributed by atoms with Crippen LogP contribution in [0.1, 0.15) is 35.4 Å². The van der Waals surface area contributed by atoms with E-state index in [2.05, 4.69) is 23.2 Å². The highest BCUT2D eigenvalue weighted by molar-refractivity contribution is 6.30. The highest BCUT2D eigenvalue weighted by Gasteiger charge is 2.32. The maximum absolute atomic E-state index is 12.6. The quantitative estimate of drug-likeness (QED) is 0.517. The number of carbonyl (C=O) groups is 1. The van der Waals surface area contributed by atoms with Crippen LogP contribution >= 0.6 is 11.6 Å². The van der Waals surface area contributed by atoms with Gasteiger partial charge in [0.25, 0.3) is 0 Å². The Morgan fingerprint density at radius 2 is 1.81 bits per heavy atom. The average Bonchev–Trinajstić information content (AvgIpc) is 3.58. The molecule has 1 heterocycles. The lowest BCUT2D eigenvalue weighted by Crippen LogP contribution is -2.38. The minimum atomic E-state index is -0.166. The third kappa shape index (κ3) is 4.05. The van der Waals surface area contributed by atoms with E-state index in [0.29, 0.717) is 12.5 Å². The van der Waals surface area contributed by atoms with Gasteiger partial charge in [0.15, 0.2) is 0 Å². The number of nitrogens with zero attached hydrogens (tertiary/aromatic N) is 2. The van der Waals surface area contributed by atoms with Crippen molar-refractivity contribution in [3.8, 4) is 16.9 Å². The first-order chi connectivity index (χ1) is 15.5. The Morgan fingerprint density at radius 1 is 1.03 bits per heavy atom. The Kier molecular flexibility index (Phi) is 5.51. The lowest BCUT2D eigenvalue weighted by molar-refractivity contribution is 0.214. The Hall–Kier alpha value is -3.06. The minimum absolute atomic E-state index is 0.166. The number of nitrogens with one attached hydrogen (secondary N) is 2. The van der Waals surface area contributed by atoms with Gasteiger partial charge in [-0.3, -0.25) is 0 Å². The van der Waals surface area contributed by atoms with E-state index in [1.54, 1.807) is 7.05 Å². The molecule has 3 aromatic rings. The largest absolute Gasteiger partial charge is 0.489 e. The van der Waals surface area contributed by atoms with Gasteiger partial charge in [-0.2, -0.15) is 0 Å². The van der Waals surface area contributed by atoms with E-state index in [4.69, 9.17) is 16.3 Å². The van der Waals surface area contributed by atoms with E-state index in [1.165, 1.54) is 28.4 Å². The molecule has 2 amide bonds. The van der Waals surface area contributed by atoms with Gasteiger partial charge in [0, 0.05) is 17.6 Å². The summed E-state index contributed by atoms with van der Waals surface area (Å²) in [5.41, 5.74) is 12.1. The molecule has 1 saturated heterocycles. The highest BCUT2D eigenvalue weighted by atomic mass is 35.5. The molecule has 164 valence electrons. The second-order valence-electron chi connectivity index (χ2n) is 8.30. The van der Waals surface area contributed by atoms with Gasteiger partial charge in [-0.25, -0.2) is 14.8 Å². The zero-order valence-electron chi connectivity index (χ0n) is 18.1. The standard InChI is InChI=1S/C25H25ClN4O2/c1-16-13-19(18-5-3-6-20(26)14-18)11-12-24(16)32-15-22-21(17-9-10-17)7-4-8-23(22)30-25(31)29(2)27-28-30/h3-8,11-14,17,27-28H,9-10,15H2,1-2H3. The fraction of sp³-hybridized carbons (Fsp3) is 0.240. The van der Waals surface area contributed by atoms with Crippen LogP contribution in [-0.4, -0.2) is 18.1 Å². The first-order valence-electron chi connectivity index (χ1n) is 10.7. The summed E-state index contributed by atoms with van der Waals surface area (Å²) in [5, 5.41) is 3.65. The molecule has 2 fully saturated rings. The van der Waals surface area contributed by atoms with Crippen molar-refractivity contribution in [2.45, 2.75) is 32.3 Å². The van der Waals surface area contributed by atoms with Gasteiger partial charge >= 0.3 is 6.03 Å². The second kappa shape index (κ2) is 8.47. The van der Waals surface area contributed by atoms with E-state index in [1.807, 2.05) is 55.5 Å². The summed E-state index contributed by atoms with van der Waals surface area (Å²) >= 11 is 6.15. The van der Waals surface area contributed by atoms with Crippen LogP contribution in [0.5, 0.6) is 5.75 Å². The third-order valence-corrected chi connectivity index (χ3v) is 6.19. The van der Waals surface area contributed by atoms with Crippen molar-refractivity contribution < 1.29 is 9.53 Å². The van der Waals surface area contributed by atoms with Crippen molar-refractivity contribution in [3.05, 3.63) is 82.4 Å². The molecule has 3 aromatic carbocycles. The molecule has 0 radical (unpaired) electrons. The molecule has 0 aromatic heterocycles. The normalized spacial score (nSPS) is 16.0. The average molecular weight is 449 g/mol. The molecule has 1 aliphatic heterocycles. The summed E-state index contributed by atoms with van der Waals surface area (Å²) < 4.78 is 6.29. The molecular weight excluding hydrogens is 424 g/mol. The van der Waals surface area contributed by atoms with E-state index in [-0.39, 0.29) is 6.03 Å². The van der Waals surface area contributed by atoms with Crippen LogP contribution in [0.4, 0.5) is 10.5 Å². The number of carbonyl (C=O) groups excluding carboxylic acids is 1. The summed E-state index contributed by atoms with van der Waals surface area (Å²) in [6, 6.07) is 19.9. The topological polar surface area (TPSA) is 56.8 Å². The Morgan fingerprint density at radius 3 is 2.50 bits per heavy atom. The number of rotatable bonds is 6. The molecule has 1 saturated carbocycles. The van der Waals surface area contributed by atoms with Crippen LogP contribution < -0.4 is 20.8 Å². The maximum atomic E-state index is 12.6. The summed E-state index contributed by atoms with van der Waals surface area (Å²) in [7, 11) is 1.68. The summed E-state index contributed by atoms with van der Waals surface area (Å²) in [6.45, 7) is 2.43. The molecule has 0 bridgehead atoms. The Labute approximate surface area is 192 Å². The molecule has 0 atom stereocenters. The SMILES string of the molecule is Cc1cc(-c2cccc(Cl)c2)ccc1OCc1c(C2CC2)cccc1N1NNN(C)C1=O. The molecule has 5 rings (SSSR count). The molecule has 2 N–H and O–H groups in total. The Balaban J connectivity index is 1.42. The smallest absolute Gasteiger partial charge is 0.355 e. The summed E-state index contributed by atoms with van der Waals surface area (Å²) in [4.78, 5) is 12.6. The fourth-order valence-electron chi connectivity index (χ4n) is 4.08. The molecule has 1 aliphatic carbocycles. The van der Waals surface area contributed by atoms with Crippen molar-refractivity contribution in [2.75, 3.05) is 12.1 Å². The molecule has 0 unspecified atom stereocenters. The van der Waals surface area contributed by atoms with E-state index in [0.717, 1.165) is 38.7 Å². The number of amides is 2. The second-order valence-corrected chi connectivity index (χ2v) is 8.74. The third-order valence-electron chi connectivity index (χ3n) is 5.96. The van der Waals surface area contributed by atoms with Crippen LogP contribution in [0.15, 0.2) is 60.7 Å². The molecule has 7 heteroatoms. The van der Waals surface area contributed by atoms with Gasteiger partial charge in [-0.15, -0.1) is 11.1 Å². The number of anilines is 1. The molecule has 32 heavy (non-hydrogen) atoms.